The molecule has 0 amide bonds. The van der Waals surface area contributed by atoms with E-state index in [-0.39, 0.29) is 24.0 Å². The van der Waals surface area contributed by atoms with Crippen molar-refractivity contribution in [2.24, 2.45) is 0 Å². The number of carbonyl (C=O) groups is 1. The van der Waals surface area contributed by atoms with E-state index in [0.29, 0.717) is 0 Å². The Bertz CT molecular complexity index is 405. The lowest BCUT2D eigenvalue weighted by atomic mass is 10.0. The minimum Gasteiger partial charge on any atom is -0.415 e. The van der Waals surface area contributed by atoms with Gasteiger partial charge in [0.1, 0.15) is 18.8 Å². The summed E-state index contributed by atoms with van der Waals surface area (Å²) in [7, 11) is -1.95. The average molecular weight is 353 g/mol. The molecule has 0 aromatic heterocycles. The molecule has 0 unspecified atom stereocenters. The number of aliphatic hydroxyl groups is 1. The standard InChI is InChI=1S/C15H29ClO5Si/c1-14(2,3)22(6,7)20-8-10(16)12(18)13-11(17)9-19-15(4,5)21-13/h10,12-13,18H,8-9H2,1-7H3/t10-,12+,13-/m1/s1. The summed E-state index contributed by atoms with van der Waals surface area (Å²) in [5, 5.41) is 9.69. The number of ketones is 1. The van der Waals surface area contributed by atoms with Gasteiger partial charge >= 0.3 is 0 Å². The molecule has 22 heavy (non-hydrogen) atoms. The first kappa shape index (κ1) is 20.1. The molecule has 0 bridgehead atoms. The molecule has 130 valence electrons. The lowest BCUT2D eigenvalue weighted by Gasteiger charge is -2.39. The van der Waals surface area contributed by atoms with Crippen LogP contribution in [-0.2, 0) is 18.7 Å². The summed E-state index contributed by atoms with van der Waals surface area (Å²) in [5.41, 5.74) is 0. The normalized spacial score (nSPS) is 25.9. The van der Waals surface area contributed by atoms with E-state index in [2.05, 4.69) is 33.9 Å². The molecule has 1 rings (SSSR count). The molecule has 0 radical (unpaired) electrons. The van der Waals surface area contributed by atoms with Gasteiger partial charge in [-0.1, -0.05) is 20.8 Å². The molecule has 3 atom stereocenters. The fourth-order valence-electron chi connectivity index (χ4n) is 1.79. The van der Waals surface area contributed by atoms with Crippen molar-refractivity contribution in [1.29, 1.82) is 0 Å². The molecular formula is C15H29ClO5Si. The fraction of sp³-hybridized carbons (Fsp3) is 0.933. The van der Waals surface area contributed by atoms with Gasteiger partial charge in [0.15, 0.2) is 19.9 Å². The number of halogens is 1. The van der Waals surface area contributed by atoms with Crippen molar-refractivity contribution >= 4 is 25.7 Å². The van der Waals surface area contributed by atoms with Crippen molar-refractivity contribution in [3.05, 3.63) is 0 Å². The third-order valence-electron chi connectivity index (χ3n) is 4.38. The quantitative estimate of drug-likeness (QED) is 0.608. The first-order valence-electron chi connectivity index (χ1n) is 7.57. The number of Topliss-reactive ketones (excluding diaryl/α,β-unsaturated/α-hetero) is 1. The smallest absolute Gasteiger partial charge is 0.192 e. The van der Waals surface area contributed by atoms with Crippen LogP contribution in [0.15, 0.2) is 0 Å². The predicted octanol–water partition coefficient (Wildman–Crippen LogP) is 2.70. The fourth-order valence-corrected chi connectivity index (χ4v) is 3.12. The van der Waals surface area contributed by atoms with Gasteiger partial charge in [0.25, 0.3) is 0 Å². The second kappa shape index (κ2) is 6.87. The van der Waals surface area contributed by atoms with E-state index in [1.807, 2.05) is 0 Å². The van der Waals surface area contributed by atoms with Gasteiger partial charge in [-0.3, -0.25) is 4.79 Å². The lowest BCUT2D eigenvalue weighted by molar-refractivity contribution is -0.271. The Morgan fingerprint density at radius 3 is 2.50 bits per heavy atom. The Balaban J connectivity index is 2.65. The Morgan fingerprint density at radius 1 is 1.45 bits per heavy atom. The van der Waals surface area contributed by atoms with Gasteiger partial charge in [-0.2, -0.15) is 0 Å². The maximum atomic E-state index is 11.9. The third-order valence-corrected chi connectivity index (χ3v) is 9.27. The summed E-state index contributed by atoms with van der Waals surface area (Å²) in [6.07, 6.45) is -2.10. The number of hydrogen-bond donors (Lipinski definition) is 1. The molecule has 1 saturated heterocycles. The molecule has 1 aliphatic heterocycles. The van der Waals surface area contributed by atoms with Gasteiger partial charge in [-0.05, 0) is 32.0 Å². The van der Waals surface area contributed by atoms with Gasteiger partial charge in [0, 0.05) is 0 Å². The summed E-state index contributed by atoms with van der Waals surface area (Å²) in [6, 6.07) is 0. The molecule has 1 heterocycles. The van der Waals surface area contributed by atoms with Crippen LogP contribution in [0, 0.1) is 0 Å². The second-order valence-corrected chi connectivity index (χ2v) is 13.1. The number of ether oxygens (including phenoxy) is 2. The van der Waals surface area contributed by atoms with Crippen molar-refractivity contribution in [3.63, 3.8) is 0 Å². The Labute approximate surface area is 139 Å². The highest BCUT2D eigenvalue weighted by atomic mass is 35.5. The molecule has 1 N–H and O–H groups in total. The molecule has 0 aromatic carbocycles. The molecule has 0 aliphatic carbocycles. The minimum absolute atomic E-state index is 0.0571. The zero-order chi connectivity index (χ0) is 17.3. The molecule has 0 spiro atoms. The highest BCUT2D eigenvalue weighted by Crippen LogP contribution is 2.37. The van der Waals surface area contributed by atoms with Crippen molar-refractivity contribution < 1.29 is 23.8 Å². The monoisotopic (exact) mass is 352 g/mol. The number of aliphatic hydroxyl groups excluding tert-OH is 1. The van der Waals surface area contributed by atoms with Crippen molar-refractivity contribution in [3.8, 4) is 0 Å². The van der Waals surface area contributed by atoms with Crippen LogP contribution in [0.25, 0.3) is 0 Å². The van der Waals surface area contributed by atoms with Crippen molar-refractivity contribution in [2.75, 3.05) is 13.2 Å². The van der Waals surface area contributed by atoms with E-state index in [9.17, 15) is 9.90 Å². The molecule has 1 fully saturated rings. The van der Waals surface area contributed by atoms with Crippen LogP contribution in [0.2, 0.25) is 18.1 Å². The zero-order valence-electron chi connectivity index (χ0n) is 14.6. The van der Waals surface area contributed by atoms with Crippen LogP contribution < -0.4 is 0 Å². The van der Waals surface area contributed by atoms with Gasteiger partial charge < -0.3 is 19.0 Å². The summed E-state index contributed by atoms with van der Waals surface area (Å²) < 4.78 is 16.8. The van der Waals surface area contributed by atoms with E-state index in [0.717, 1.165) is 0 Å². The van der Waals surface area contributed by atoms with Gasteiger partial charge in [-0.15, -0.1) is 11.6 Å². The lowest BCUT2D eigenvalue weighted by Crippen LogP contribution is -2.54. The number of carbonyl (C=O) groups excluding carboxylic acids is 1. The highest BCUT2D eigenvalue weighted by molar-refractivity contribution is 6.74. The van der Waals surface area contributed by atoms with Gasteiger partial charge in [-0.25, -0.2) is 0 Å². The van der Waals surface area contributed by atoms with Gasteiger partial charge in [0.05, 0.1) is 12.0 Å². The van der Waals surface area contributed by atoms with Crippen LogP contribution in [0.4, 0.5) is 0 Å². The van der Waals surface area contributed by atoms with E-state index in [1.165, 1.54) is 0 Å². The first-order chi connectivity index (χ1) is 9.77. The highest BCUT2D eigenvalue weighted by Gasteiger charge is 2.43. The van der Waals surface area contributed by atoms with E-state index in [4.69, 9.17) is 25.5 Å². The average Bonchev–Trinajstić information content (AvgIpc) is 2.36. The third kappa shape index (κ3) is 5.01. The topological polar surface area (TPSA) is 65.0 Å². The van der Waals surface area contributed by atoms with Crippen molar-refractivity contribution in [2.45, 2.75) is 76.1 Å². The Kier molecular flexibility index (Phi) is 6.26. The van der Waals surface area contributed by atoms with Crippen LogP contribution in [-0.4, -0.2) is 55.8 Å². The first-order valence-corrected chi connectivity index (χ1v) is 10.9. The summed E-state index contributed by atoms with van der Waals surface area (Å²) >= 11 is 6.25. The van der Waals surface area contributed by atoms with Crippen LogP contribution in [0.1, 0.15) is 34.6 Å². The Morgan fingerprint density at radius 2 is 2.00 bits per heavy atom. The molecule has 0 saturated carbocycles. The molecule has 1 aliphatic rings. The van der Waals surface area contributed by atoms with Crippen LogP contribution in [0.5, 0.6) is 0 Å². The SMILES string of the molecule is CC1(C)OCC(=O)[C@H]([C@@H](O)[C@H](Cl)CO[Si](C)(C)C(C)(C)C)O1. The maximum absolute atomic E-state index is 11.9. The van der Waals surface area contributed by atoms with Crippen LogP contribution in [0.3, 0.4) is 0 Å². The van der Waals surface area contributed by atoms with E-state index in [1.54, 1.807) is 13.8 Å². The molecule has 7 heteroatoms. The summed E-state index contributed by atoms with van der Waals surface area (Å²) in [5.74, 6) is -1.21. The Hall–Kier alpha value is 0.0169. The maximum Gasteiger partial charge on any atom is 0.192 e. The van der Waals surface area contributed by atoms with E-state index >= 15 is 0 Å². The molecule has 5 nitrogen and oxygen atoms in total. The van der Waals surface area contributed by atoms with Crippen LogP contribution >= 0.6 is 11.6 Å². The predicted molar refractivity (Wildman–Crippen MR) is 88.7 cm³/mol. The number of alkyl halides is 1. The van der Waals surface area contributed by atoms with E-state index < -0.39 is 31.7 Å². The molecule has 0 aromatic rings. The zero-order valence-corrected chi connectivity index (χ0v) is 16.4. The minimum atomic E-state index is -1.95. The largest absolute Gasteiger partial charge is 0.415 e. The number of rotatable bonds is 5. The van der Waals surface area contributed by atoms with Crippen molar-refractivity contribution in [1.82, 2.24) is 0 Å². The summed E-state index contributed by atoms with van der Waals surface area (Å²) in [4.78, 5) is 11.9. The van der Waals surface area contributed by atoms with Gasteiger partial charge in [0.2, 0.25) is 0 Å². The molecular weight excluding hydrogens is 324 g/mol. The number of hydrogen-bond acceptors (Lipinski definition) is 5. The second-order valence-electron chi connectivity index (χ2n) is 7.77. The summed E-state index contributed by atoms with van der Waals surface area (Å²) in [6.45, 7) is 14.1.